The predicted octanol–water partition coefficient (Wildman–Crippen LogP) is 2.83. The smallest absolute Gasteiger partial charge is 0.256 e. The van der Waals surface area contributed by atoms with Crippen LogP contribution < -0.4 is 5.73 Å². The minimum Gasteiger partial charge on any atom is -0.399 e. The monoisotopic (exact) mass is 252 g/mol. The van der Waals surface area contributed by atoms with Crippen molar-refractivity contribution in [3.05, 3.63) is 29.1 Å². The van der Waals surface area contributed by atoms with E-state index in [0.29, 0.717) is 17.8 Å². The van der Waals surface area contributed by atoms with Crippen LogP contribution in [0.3, 0.4) is 0 Å². The van der Waals surface area contributed by atoms with E-state index < -0.39 is 5.82 Å². The van der Waals surface area contributed by atoms with Crippen LogP contribution in [-0.2, 0) is 0 Å². The van der Waals surface area contributed by atoms with Gasteiger partial charge in [-0.1, -0.05) is 20.8 Å². The highest BCUT2D eigenvalue weighted by atomic mass is 19.1. The predicted molar refractivity (Wildman–Crippen MR) is 72.0 cm³/mol. The van der Waals surface area contributed by atoms with E-state index in [1.165, 1.54) is 17.0 Å². The van der Waals surface area contributed by atoms with Crippen LogP contribution in [0.2, 0.25) is 0 Å². The average Bonchev–Trinajstić information content (AvgIpc) is 2.19. The fourth-order valence-corrected chi connectivity index (χ4v) is 1.94. The highest BCUT2D eigenvalue weighted by Crippen LogP contribution is 2.20. The Kier molecular flexibility index (Phi) is 3.99. The lowest BCUT2D eigenvalue weighted by Crippen LogP contribution is -2.35. The molecule has 0 radical (unpaired) electrons. The third-order valence-electron chi connectivity index (χ3n) is 2.57. The van der Waals surface area contributed by atoms with Gasteiger partial charge in [0, 0.05) is 19.3 Å². The van der Waals surface area contributed by atoms with E-state index in [-0.39, 0.29) is 16.9 Å². The minimum atomic E-state index is -0.491. The summed E-state index contributed by atoms with van der Waals surface area (Å²) in [6.45, 7) is 8.23. The zero-order valence-corrected chi connectivity index (χ0v) is 11.7. The number of nitrogen functional groups attached to an aromatic ring is 1. The van der Waals surface area contributed by atoms with E-state index in [1.54, 1.807) is 14.0 Å². The van der Waals surface area contributed by atoms with Gasteiger partial charge in [-0.2, -0.15) is 0 Å². The van der Waals surface area contributed by atoms with Crippen LogP contribution in [0.5, 0.6) is 0 Å². The van der Waals surface area contributed by atoms with Crippen LogP contribution in [0.1, 0.15) is 36.7 Å². The second-order valence-corrected chi connectivity index (χ2v) is 5.92. The molecule has 0 heterocycles. The third kappa shape index (κ3) is 3.45. The normalized spacial score (nSPS) is 11.4. The number of amides is 1. The molecular weight excluding hydrogens is 231 g/mol. The van der Waals surface area contributed by atoms with Crippen molar-refractivity contribution in [2.45, 2.75) is 27.7 Å². The maximum atomic E-state index is 13.9. The van der Waals surface area contributed by atoms with Crippen molar-refractivity contribution in [3.63, 3.8) is 0 Å². The Morgan fingerprint density at radius 3 is 2.44 bits per heavy atom. The molecule has 1 amide bonds. The van der Waals surface area contributed by atoms with E-state index in [2.05, 4.69) is 0 Å². The van der Waals surface area contributed by atoms with Crippen LogP contribution in [-0.4, -0.2) is 24.4 Å². The standard InChI is InChI=1S/C14H21FN2O/c1-9-6-10(16)7-11(12(9)15)13(18)17(5)8-14(2,3)4/h6-7H,8,16H2,1-5H3. The molecule has 0 atom stereocenters. The molecule has 4 heteroatoms. The third-order valence-corrected chi connectivity index (χ3v) is 2.57. The molecule has 0 saturated carbocycles. The van der Waals surface area contributed by atoms with Crippen molar-refractivity contribution in [2.75, 3.05) is 19.3 Å². The van der Waals surface area contributed by atoms with Gasteiger partial charge in [0.1, 0.15) is 5.82 Å². The summed E-state index contributed by atoms with van der Waals surface area (Å²) in [4.78, 5) is 13.7. The number of hydrogen-bond acceptors (Lipinski definition) is 2. The number of halogens is 1. The Morgan fingerprint density at radius 1 is 1.39 bits per heavy atom. The summed E-state index contributed by atoms with van der Waals surface area (Å²) in [5, 5.41) is 0. The number of benzene rings is 1. The highest BCUT2D eigenvalue weighted by Gasteiger charge is 2.22. The van der Waals surface area contributed by atoms with Gasteiger partial charge < -0.3 is 10.6 Å². The summed E-state index contributed by atoms with van der Waals surface area (Å²) in [7, 11) is 1.67. The lowest BCUT2D eigenvalue weighted by atomic mass is 9.96. The first kappa shape index (κ1) is 14.5. The summed E-state index contributed by atoms with van der Waals surface area (Å²) in [5.74, 6) is -0.826. The van der Waals surface area contributed by atoms with Crippen LogP contribution in [0, 0.1) is 18.2 Å². The van der Waals surface area contributed by atoms with Crippen molar-refractivity contribution in [1.29, 1.82) is 0 Å². The van der Waals surface area contributed by atoms with Crippen LogP contribution in [0.25, 0.3) is 0 Å². The number of nitrogens with two attached hydrogens (primary N) is 1. The number of nitrogens with zero attached hydrogens (tertiary/aromatic N) is 1. The highest BCUT2D eigenvalue weighted by molar-refractivity contribution is 5.95. The molecule has 0 fully saturated rings. The molecule has 3 nitrogen and oxygen atoms in total. The van der Waals surface area contributed by atoms with E-state index in [4.69, 9.17) is 5.73 Å². The van der Waals surface area contributed by atoms with Gasteiger partial charge >= 0.3 is 0 Å². The molecule has 0 aromatic heterocycles. The number of rotatable bonds is 2. The molecule has 1 aromatic rings. The van der Waals surface area contributed by atoms with Crippen LogP contribution >= 0.6 is 0 Å². The second kappa shape index (κ2) is 4.96. The molecule has 0 unspecified atom stereocenters. The summed E-state index contributed by atoms with van der Waals surface area (Å²) < 4.78 is 13.9. The van der Waals surface area contributed by atoms with E-state index in [9.17, 15) is 9.18 Å². The van der Waals surface area contributed by atoms with Gasteiger partial charge in [0.2, 0.25) is 0 Å². The van der Waals surface area contributed by atoms with Crippen LogP contribution in [0.4, 0.5) is 10.1 Å². The quantitative estimate of drug-likeness (QED) is 0.823. The number of carbonyl (C=O) groups excluding carboxylic acids is 1. The summed E-state index contributed by atoms with van der Waals surface area (Å²) in [5.41, 5.74) is 6.46. The first-order valence-corrected chi connectivity index (χ1v) is 5.93. The van der Waals surface area contributed by atoms with Crippen molar-refractivity contribution >= 4 is 11.6 Å². The van der Waals surface area contributed by atoms with Gasteiger partial charge in [0.25, 0.3) is 5.91 Å². The molecule has 1 rings (SSSR count). The number of anilines is 1. The molecule has 0 aliphatic heterocycles. The van der Waals surface area contributed by atoms with Gasteiger partial charge in [-0.05, 0) is 30.0 Å². The largest absolute Gasteiger partial charge is 0.399 e. The molecule has 0 bridgehead atoms. The Bertz CT molecular complexity index is 464. The molecule has 0 aliphatic rings. The first-order valence-electron chi connectivity index (χ1n) is 5.93. The average molecular weight is 252 g/mol. The van der Waals surface area contributed by atoms with E-state index in [0.717, 1.165) is 0 Å². The second-order valence-electron chi connectivity index (χ2n) is 5.92. The van der Waals surface area contributed by atoms with E-state index in [1.807, 2.05) is 20.8 Å². The fraction of sp³-hybridized carbons (Fsp3) is 0.500. The maximum Gasteiger partial charge on any atom is 0.256 e. The van der Waals surface area contributed by atoms with Gasteiger partial charge in [-0.15, -0.1) is 0 Å². The SMILES string of the molecule is Cc1cc(N)cc(C(=O)N(C)CC(C)(C)C)c1F. The van der Waals surface area contributed by atoms with Crippen molar-refractivity contribution < 1.29 is 9.18 Å². The molecular formula is C14H21FN2O. The maximum absolute atomic E-state index is 13.9. The van der Waals surface area contributed by atoms with Crippen LogP contribution in [0.15, 0.2) is 12.1 Å². The number of aryl methyl sites for hydroxylation is 1. The summed E-state index contributed by atoms with van der Waals surface area (Å²) >= 11 is 0. The number of hydrogen-bond donors (Lipinski definition) is 1. The fourth-order valence-electron chi connectivity index (χ4n) is 1.94. The van der Waals surface area contributed by atoms with Crippen molar-refractivity contribution in [2.24, 2.45) is 5.41 Å². The number of carbonyl (C=O) groups is 1. The Hall–Kier alpha value is -1.58. The van der Waals surface area contributed by atoms with Gasteiger partial charge in [-0.3, -0.25) is 4.79 Å². The zero-order valence-electron chi connectivity index (χ0n) is 11.7. The molecule has 100 valence electrons. The topological polar surface area (TPSA) is 46.3 Å². The summed E-state index contributed by atoms with van der Waals surface area (Å²) in [6.07, 6.45) is 0. The van der Waals surface area contributed by atoms with Crippen molar-refractivity contribution in [3.8, 4) is 0 Å². The Balaban J connectivity index is 3.04. The summed E-state index contributed by atoms with van der Waals surface area (Å²) in [6, 6.07) is 2.92. The van der Waals surface area contributed by atoms with Gasteiger partial charge in [-0.25, -0.2) is 4.39 Å². The van der Waals surface area contributed by atoms with Gasteiger partial charge in [0.15, 0.2) is 0 Å². The molecule has 2 N–H and O–H groups in total. The van der Waals surface area contributed by atoms with Gasteiger partial charge in [0.05, 0.1) is 5.56 Å². The zero-order chi connectivity index (χ0) is 14.1. The molecule has 0 aliphatic carbocycles. The lowest BCUT2D eigenvalue weighted by molar-refractivity contribution is 0.0741. The molecule has 0 saturated heterocycles. The lowest BCUT2D eigenvalue weighted by Gasteiger charge is -2.27. The first-order chi connectivity index (χ1) is 8.11. The minimum absolute atomic E-state index is 0.0315. The Morgan fingerprint density at radius 2 is 1.94 bits per heavy atom. The Labute approximate surface area is 108 Å². The van der Waals surface area contributed by atoms with E-state index >= 15 is 0 Å². The molecule has 1 aromatic carbocycles. The molecule has 18 heavy (non-hydrogen) atoms. The van der Waals surface area contributed by atoms with Crippen molar-refractivity contribution in [1.82, 2.24) is 4.90 Å². The molecule has 0 spiro atoms.